The summed E-state index contributed by atoms with van der Waals surface area (Å²) in [4.78, 5) is 37.8. The second-order valence-electron chi connectivity index (χ2n) is 16.7. The minimum absolute atomic E-state index is 0.0944. The maximum atomic E-state index is 12.8. The maximum absolute atomic E-state index is 12.8. The molecule has 0 heterocycles. The van der Waals surface area contributed by atoms with E-state index in [2.05, 4.69) is 118 Å². The molecule has 0 spiro atoms. The molecule has 0 fully saturated rings. The molecule has 358 valence electrons. The Balaban J connectivity index is 4.37. The first-order valence-corrected chi connectivity index (χ1v) is 25.7. The smallest absolute Gasteiger partial charge is 0.306 e. The molecule has 0 aromatic heterocycles. The second kappa shape index (κ2) is 51.0. The third-order valence-corrected chi connectivity index (χ3v) is 10.6. The Kier molecular flexibility index (Phi) is 48.0. The van der Waals surface area contributed by atoms with Gasteiger partial charge in [0.05, 0.1) is 0 Å². The van der Waals surface area contributed by atoms with Crippen LogP contribution in [0, 0.1) is 0 Å². The summed E-state index contributed by atoms with van der Waals surface area (Å²) in [5.41, 5.74) is 0. The Morgan fingerprint density at radius 2 is 0.619 bits per heavy atom. The summed E-state index contributed by atoms with van der Waals surface area (Å²) in [6.45, 7) is 6.40. The van der Waals surface area contributed by atoms with Crippen molar-refractivity contribution in [3.8, 4) is 0 Å². The summed E-state index contributed by atoms with van der Waals surface area (Å²) < 4.78 is 16.7. The molecule has 0 aliphatic carbocycles. The molecule has 0 N–H and O–H groups in total. The summed E-state index contributed by atoms with van der Waals surface area (Å²) >= 11 is 0. The molecule has 6 heteroatoms. The van der Waals surface area contributed by atoms with Gasteiger partial charge in [-0.15, -0.1) is 0 Å². The van der Waals surface area contributed by atoms with E-state index >= 15 is 0 Å². The van der Waals surface area contributed by atoms with Gasteiger partial charge in [-0.05, 0) is 103 Å². The summed E-state index contributed by atoms with van der Waals surface area (Å²) in [7, 11) is 0. The third-order valence-electron chi connectivity index (χ3n) is 10.6. The summed E-state index contributed by atoms with van der Waals surface area (Å²) in [5, 5.41) is 0. The number of rotatable bonds is 45. The van der Waals surface area contributed by atoms with E-state index < -0.39 is 6.10 Å². The average Bonchev–Trinajstić information content (AvgIpc) is 3.28. The Morgan fingerprint density at radius 1 is 0.333 bits per heavy atom. The van der Waals surface area contributed by atoms with Gasteiger partial charge in [-0.2, -0.15) is 0 Å². The van der Waals surface area contributed by atoms with Crippen molar-refractivity contribution < 1.29 is 28.6 Å². The molecule has 63 heavy (non-hydrogen) atoms. The van der Waals surface area contributed by atoms with Crippen LogP contribution in [0.15, 0.2) is 97.2 Å². The maximum Gasteiger partial charge on any atom is 0.306 e. The van der Waals surface area contributed by atoms with Crippen molar-refractivity contribution in [3.63, 3.8) is 0 Å². The molecule has 0 aromatic rings. The zero-order valence-corrected chi connectivity index (χ0v) is 40.8. The number of unbranched alkanes of at least 4 members (excludes halogenated alkanes) is 18. The van der Waals surface area contributed by atoms with Gasteiger partial charge < -0.3 is 14.2 Å². The number of hydrogen-bond acceptors (Lipinski definition) is 6. The highest BCUT2D eigenvalue weighted by Gasteiger charge is 2.19. The molecule has 0 aliphatic rings. The van der Waals surface area contributed by atoms with E-state index in [1.807, 2.05) is 0 Å². The standard InChI is InChI=1S/C57H94O6/c1-4-7-10-13-16-18-20-22-24-26-28-30-32-34-36-38-41-44-47-50-56(59)62-53-54(52-61-55(58)49-46-43-40-15-12-9-6-3)63-57(60)51-48-45-42-39-37-35-33-31-29-27-25-23-21-19-17-14-11-8-5-2/h7,10,16-19,22-25,28-31,34,36,54H,4-6,8-9,11-15,20-21,26-27,32-33,35,37-53H2,1-3H3/b10-7-,18-16-,19-17-,24-22-,25-23-,30-28-,31-29-,36-34-. The molecule has 6 nitrogen and oxygen atoms in total. The van der Waals surface area contributed by atoms with Crippen LogP contribution in [0.3, 0.4) is 0 Å². The van der Waals surface area contributed by atoms with Gasteiger partial charge in [0.25, 0.3) is 0 Å². The molecule has 0 aliphatic heterocycles. The number of allylic oxidation sites excluding steroid dienone is 16. The molecular weight excluding hydrogens is 781 g/mol. The zero-order chi connectivity index (χ0) is 45.8. The van der Waals surface area contributed by atoms with E-state index in [1.54, 1.807) is 0 Å². The van der Waals surface area contributed by atoms with E-state index in [0.29, 0.717) is 19.3 Å². The fraction of sp³-hybridized carbons (Fsp3) is 0.667. The minimum atomic E-state index is -0.796. The Bertz CT molecular complexity index is 1280. The average molecular weight is 875 g/mol. The number of ether oxygens (including phenoxy) is 3. The predicted molar refractivity (Wildman–Crippen MR) is 270 cm³/mol. The molecule has 0 amide bonds. The lowest BCUT2D eigenvalue weighted by Gasteiger charge is -2.18. The first kappa shape index (κ1) is 59.3. The molecule has 1 atom stereocenters. The lowest BCUT2D eigenvalue weighted by atomic mass is 10.1. The SMILES string of the molecule is CC/C=C\C/C=C\C/C=C\C/C=C\C/C=C\CCCCCC(=O)OCC(COC(=O)CCCCCCCCC)OC(=O)CCCCCCCC/C=C\C/C=C\C/C=C\CCCCC. The van der Waals surface area contributed by atoms with E-state index in [9.17, 15) is 14.4 Å². The lowest BCUT2D eigenvalue weighted by Crippen LogP contribution is -2.30. The van der Waals surface area contributed by atoms with Gasteiger partial charge in [0.2, 0.25) is 0 Å². The molecule has 0 saturated heterocycles. The van der Waals surface area contributed by atoms with Crippen LogP contribution >= 0.6 is 0 Å². The molecule has 0 aromatic carbocycles. The van der Waals surface area contributed by atoms with Gasteiger partial charge in [0.15, 0.2) is 6.10 Å². The predicted octanol–water partition coefficient (Wildman–Crippen LogP) is 17.0. The van der Waals surface area contributed by atoms with Crippen molar-refractivity contribution in [2.45, 2.75) is 232 Å². The summed E-state index contributed by atoms with van der Waals surface area (Å²) in [6, 6.07) is 0. The summed E-state index contributed by atoms with van der Waals surface area (Å²) in [6.07, 6.45) is 66.9. The van der Waals surface area contributed by atoms with Crippen LogP contribution in [0.2, 0.25) is 0 Å². The van der Waals surface area contributed by atoms with Crippen molar-refractivity contribution in [2.75, 3.05) is 13.2 Å². The third kappa shape index (κ3) is 49.2. The minimum Gasteiger partial charge on any atom is -0.462 e. The van der Waals surface area contributed by atoms with Crippen molar-refractivity contribution in [3.05, 3.63) is 97.2 Å². The van der Waals surface area contributed by atoms with E-state index in [-0.39, 0.29) is 31.1 Å². The summed E-state index contributed by atoms with van der Waals surface area (Å²) in [5.74, 6) is -0.951. The van der Waals surface area contributed by atoms with Gasteiger partial charge in [-0.25, -0.2) is 0 Å². The molecule has 0 radical (unpaired) electrons. The van der Waals surface area contributed by atoms with Crippen LogP contribution < -0.4 is 0 Å². The van der Waals surface area contributed by atoms with Crippen LogP contribution in [0.4, 0.5) is 0 Å². The van der Waals surface area contributed by atoms with E-state index in [1.165, 1.54) is 64.2 Å². The van der Waals surface area contributed by atoms with Crippen LogP contribution in [0.25, 0.3) is 0 Å². The highest BCUT2D eigenvalue weighted by Crippen LogP contribution is 2.13. The van der Waals surface area contributed by atoms with Crippen LogP contribution in [0.5, 0.6) is 0 Å². The van der Waals surface area contributed by atoms with Crippen LogP contribution in [-0.4, -0.2) is 37.2 Å². The normalized spacial score (nSPS) is 12.9. The van der Waals surface area contributed by atoms with E-state index in [4.69, 9.17) is 14.2 Å². The van der Waals surface area contributed by atoms with Crippen LogP contribution in [0.1, 0.15) is 226 Å². The number of carbonyl (C=O) groups is 3. The Hall–Kier alpha value is -3.67. The fourth-order valence-electron chi connectivity index (χ4n) is 6.71. The fourth-order valence-corrected chi connectivity index (χ4v) is 6.71. The number of carbonyl (C=O) groups excluding carboxylic acids is 3. The first-order chi connectivity index (χ1) is 31.0. The van der Waals surface area contributed by atoms with E-state index in [0.717, 1.165) is 122 Å². The number of esters is 3. The van der Waals surface area contributed by atoms with Gasteiger partial charge in [-0.3, -0.25) is 14.4 Å². The molecule has 0 rings (SSSR count). The Morgan fingerprint density at radius 3 is 1.02 bits per heavy atom. The second-order valence-corrected chi connectivity index (χ2v) is 16.7. The quantitative estimate of drug-likeness (QED) is 0.0262. The zero-order valence-electron chi connectivity index (χ0n) is 40.8. The van der Waals surface area contributed by atoms with Gasteiger partial charge >= 0.3 is 17.9 Å². The topological polar surface area (TPSA) is 78.9 Å². The first-order valence-electron chi connectivity index (χ1n) is 25.7. The Labute approximate surface area is 387 Å². The molecular formula is C57H94O6. The van der Waals surface area contributed by atoms with Crippen molar-refractivity contribution in [1.82, 2.24) is 0 Å². The van der Waals surface area contributed by atoms with Crippen LogP contribution in [-0.2, 0) is 28.6 Å². The van der Waals surface area contributed by atoms with Crippen molar-refractivity contribution in [1.29, 1.82) is 0 Å². The molecule has 0 bridgehead atoms. The highest BCUT2D eigenvalue weighted by atomic mass is 16.6. The number of hydrogen-bond donors (Lipinski definition) is 0. The highest BCUT2D eigenvalue weighted by molar-refractivity contribution is 5.71. The van der Waals surface area contributed by atoms with Gasteiger partial charge in [-0.1, -0.05) is 201 Å². The van der Waals surface area contributed by atoms with Crippen molar-refractivity contribution in [2.24, 2.45) is 0 Å². The largest absolute Gasteiger partial charge is 0.462 e. The van der Waals surface area contributed by atoms with Crippen molar-refractivity contribution >= 4 is 17.9 Å². The lowest BCUT2D eigenvalue weighted by molar-refractivity contribution is -0.167. The van der Waals surface area contributed by atoms with Gasteiger partial charge in [0, 0.05) is 19.3 Å². The molecule has 0 saturated carbocycles. The van der Waals surface area contributed by atoms with Gasteiger partial charge in [0.1, 0.15) is 13.2 Å². The molecule has 1 unspecified atom stereocenters. The monoisotopic (exact) mass is 875 g/mol.